The molecular formula is C14H21N3O2. The van der Waals surface area contributed by atoms with E-state index in [0.29, 0.717) is 19.6 Å². The van der Waals surface area contributed by atoms with Gasteiger partial charge < -0.3 is 21.1 Å². The number of carbonyl (C=O) groups excluding carboxylic acids is 1. The third kappa shape index (κ3) is 3.68. The summed E-state index contributed by atoms with van der Waals surface area (Å²) in [5.74, 6) is 0. The van der Waals surface area contributed by atoms with Crippen LogP contribution in [-0.4, -0.2) is 34.7 Å². The van der Waals surface area contributed by atoms with Gasteiger partial charge in [-0.1, -0.05) is 12.1 Å². The predicted molar refractivity (Wildman–Crippen MR) is 74.8 cm³/mol. The number of nitrogens with zero attached hydrogens (tertiary/aromatic N) is 1. The Morgan fingerprint density at radius 2 is 2.16 bits per heavy atom. The van der Waals surface area contributed by atoms with E-state index in [4.69, 9.17) is 5.73 Å². The van der Waals surface area contributed by atoms with E-state index in [1.54, 1.807) is 11.8 Å². The molecule has 0 bridgehead atoms. The van der Waals surface area contributed by atoms with Crippen LogP contribution in [-0.2, 0) is 6.54 Å². The number of aliphatic hydroxyl groups is 1. The number of piperidine rings is 1. The molecule has 1 aromatic rings. The number of β-amino-alcohol motifs (C(OH)–C–C–N with tert-alkyl or cyclic N) is 1. The topological polar surface area (TPSA) is 78.6 Å². The fourth-order valence-corrected chi connectivity index (χ4v) is 2.32. The molecule has 19 heavy (non-hydrogen) atoms. The Morgan fingerprint density at radius 3 is 2.74 bits per heavy atom. The zero-order chi connectivity index (χ0) is 13.9. The van der Waals surface area contributed by atoms with Crippen LogP contribution < -0.4 is 11.1 Å². The van der Waals surface area contributed by atoms with Gasteiger partial charge in [0.1, 0.15) is 0 Å². The molecule has 5 nitrogen and oxygen atoms in total. The van der Waals surface area contributed by atoms with Crippen LogP contribution in [0.5, 0.6) is 0 Å². The number of anilines is 1. The molecule has 0 saturated carbocycles. The summed E-state index contributed by atoms with van der Waals surface area (Å²) in [6.07, 6.45) is 1.56. The highest BCUT2D eigenvalue weighted by atomic mass is 16.3. The number of carbonyl (C=O) groups is 1. The Morgan fingerprint density at radius 1 is 1.47 bits per heavy atom. The quantitative estimate of drug-likeness (QED) is 0.757. The first-order valence-electron chi connectivity index (χ1n) is 6.57. The molecule has 0 spiro atoms. The number of hydrogen-bond donors (Lipinski definition) is 3. The van der Waals surface area contributed by atoms with E-state index in [2.05, 4.69) is 5.32 Å². The molecule has 2 rings (SSSR count). The maximum atomic E-state index is 12.1. The van der Waals surface area contributed by atoms with Crippen molar-refractivity contribution >= 4 is 11.7 Å². The molecule has 104 valence electrons. The van der Waals surface area contributed by atoms with E-state index in [1.807, 2.05) is 24.3 Å². The standard InChI is InChI=1S/C14H21N3O2/c1-14(19)7-2-8-17(10-14)13(18)16-12-5-3-11(9-15)4-6-12/h3-6,19H,2,7-10,15H2,1H3,(H,16,18). The number of nitrogens with two attached hydrogens (primary N) is 1. The average molecular weight is 263 g/mol. The van der Waals surface area contributed by atoms with E-state index in [-0.39, 0.29) is 6.03 Å². The molecule has 1 unspecified atom stereocenters. The highest BCUT2D eigenvalue weighted by Crippen LogP contribution is 2.21. The van der Waals surface area contributed by atoms with Crippen LogP contribution in [0.4, 0.5) is 10.5 Å². The van der Waals surface area contributed by atoms with E-state index in [0.717, 1.165) is 24.1 Å². The number of rotatable bonds is 2. The molecule has 0 aliphatic carbocycles. The zero-order valence-electron chi connectivity index (χ0n) is 11.2. The monoisotopic (exact) mass is 263 g/mol. The van der Waals surface area contributed by atoms with Crippen molar-refractivity contribution in [2.24, 2.45) is 5.73 Å². The summed E-state index contributed by atoms with van der Waals surface area (Å²) in [6.45, 7) is 3.31. The summed E-state index contributed by atoms with van der Waals surface area (Å²) in [5, 5.41) is 12.8. The third-order valence-corrected chi connectivity index (χ3v) is 3.40. The normalized spacial score (nSPS) is 23.2. The number of urea groups is 1. The number of amides is 2. The third-order valence-electron chi connectivity index (χ3n) is 3.40. The molecule has 2 amide bonds. The molecule has 1 saturated heterocycles. The highest BCUT2D eigenvalue weighted by Gasteiger charge is 2.30. The van der Waals surface area contributed by atoms with Gasteiger partial charge in [0.15, 0.2) is 0 Å². The highest BCUT2D eigenvalue weighted by molar-refractivity contribution is 5.89. The summed E-state index contributed by atoms with van der Waals surface area (Å²) in [5.41, 5.74) is 6.52. The van der Waals surface area contributed by atoms with E-state index < -0.39 is 5.60 Å². The van der Waals surface area contributed by atoms with Crippen LogP contribution in [0.15, 0.2) is 24.3 Å². The van der Waals surface area contributed by atoms with Crippen molar-refractivity contribution in [3.05, 3.63) is 29.8 Å². The first-order chi connectivity index (χ1) is 9.00. The molecule has 0 radical (unpaired) electrons. The Labute approximate surface area is 113 Å². The van der Waals surface area contributed by atoms with Gasteiger partial charge in [-0.15, -0.1) is 0 Å². The summed E-state index contributed by atoms with van der Waals surface area (Å²) < 4.78 is 0. The van der Waals surface area contributed by atoms with Crippen LogP contribution in [0.25, 0.3) is 0 Å². The first-order valence-corrected chi connectivity index (χ1v) is 6.57. The number of likely N-dealkylation sites (tertiary alicyclic amines) is 1. The van der Waals surface area contributed by atoms with Gasteiger partial charge in [-0.2, -0.15) is 0 Å². The fraction of sp³-hybridized carbons (Fsp3) is 0.500. The second kappa shape index (κ2) is 5.59. The Hall–Kier alpha value is -1.59. The summed E-state index contributed by atoms with van der Waals surface area (Å²) >= 11 is 0. The molecule has 1 aromatic carbocycles. The van der Waals surface area contributed by atoms with Crippen molar-refractivity contribution < 1.29 is 9.90 Å². The molecule has 5 heteroatoms. The number of hydrogen-bond acceptors (Lipinski definition) is 3. The van der Waals surface area contributed by atoms with E-state index in [1.165, 1.54) is 0 Å². The molecular weight excluding hydrogens is 242 g/mol. The molecule has 1 aliphatic rings. The van der Waals surface area contributed by atoms with Crippen LogP contribution in [0.2, 0.25) is 0 Å². The van der Waals surface area contributed by atoms with E-state index >= 15 is 0 Å². The number of nitrogens with one attached hydrogen (secondary N) is 1. The lowest BCUT2D eigenvalue weighted by Gasteiger charge is -2.36. The van der Waals surface area contributed by atoms with Crippen LogP contribution >= 0.6 is 0 Å². The average Bonchev–Trinajstić information content (AvgIpc) is 2.38. The molecule has 1 atom stereocenters. The van der Waals surface area contributed by atoms with Crippen LogP contribution in [0.3, 0.4) is 0 Å². The van der Waals surface area contributed by atoms with Gasteiger partial charge in [0.25, 0.3) is 0 Å². The largest absolute Gasteiger partial charge is 0.388 e. The lowest BCUT2D eigenvalue weighted by Crippen LogP contribution is -2.49. The van der Waals surface area contributed by atoms with Crippen LogP contribution in [0.1, 0.15) is 25.3 Å². The maximum Gasteiger partial charge on any atom is 0.321 e. The molecule has 0 aromatic heterocycles. The van der Waals surface area contributed by atoms with Crippen molar-refractivity contribution in [3.8, 4) is 0 Å². The van der Waals surface area contributed by atoms with Crippen LogP contribution in [0, 0.1) is 0 Å². The molecule has 1 heterocycles. The van der Waals surface area contributed by atoms with Crippen molar-refractivity contribution in [2.75, 3.05) is 18.4 Å². The summed E-state index contributed by atoms with van der Waals surface area (Å²) in [4.78, 5) is 13.7. The lowest BCUT2D eigenvalue weighted by molar-refractivity contribution is -0.000634. The minimum Gasteiger partial charge on any atom is -0.388 e. The Bertz CT molecular complexity index is 443. The zero-order valence-corrected chi connectivity index (χ0v) is 11.2. The Kier molecular flexibility index (Phi) is 4.07. The van der Waals surface area contributed by atoms with Gasteiger partial charge in [0.05, 0.1) is 12.1 Å². The SMILES string of the molecule is CC1(O)CCCN(C(=O)Nc2ccc(CN)cc2)C1. The lowest BCUT2D eigenvalue weighted by atomic mass is 9.95. The first kappa shape index (κ1) is 13.8. The fourth-order valence-electron chi connectivity index (χ4n) is 2.32. The van der Waals surface area contributed by atoms with Gasteiger partial charge in [-0.3, -0.25) is 0 Å². The molecule has 1 fully saturated rings. The van der Waals surface area contributed by atoms with Gasteiger partial charge in [0, 0.05) is 18.8 Å². The predicted octanol–water partition coefficient (Wildman–Crippen LogP) is 1.52. The van der Waals surface area contributed by atoms with Gasteiger partial charge in [0.2, 0.25) is 0 Å². The second-order valence-corrected chi connectivity index (χ2v) is 5.35. The maximum absolute atomic E-state index is 12.1. The van der Waals surface area contributed by atoms with E-state index in [9.17, 15) is 9.90 Å². The van der Waals surface area contributed by atoms with Crippen molar-refractivity contribution in [3.63, 3.8) is 0 Å². The number of benzene rings is 1. The van der Waals surface area contributed by atoms with Gasteiger partial charge in [-0.25, -0.2) is 4.79 Å². The van der Waals surface area contributed by atoms with Gasteiger partial charge in [-0.05, 0) is 37.5 Å². The van der Waals surface area contributed by atoms with Crippen molar-refractivity contribution in [1.29, 1.82) is 0 Å². The van der Waals surface area contributed by atoms with Gasteiger partial charge >= 0.3 is 6.03 Å². The smallest absolute Gasteiger partial charge is 0.321 e. The molecule has 4 N–H and O–H groups in total. The second-order valence-electron chi connectivity index (χ2n) is 5.35. The minimum atomic E-state index is -0.779. The van der Waals surface area contributed by atoms with Crippen molar-refractivity contribution in [2.45, 2.75) is 31.9 Å². The Balaban J connectivity index is 1.96. The van der Waals surface area contributed by atoms with Crippen molar-refractivity contribution in [1.82, 2.24) is 4.90 Å². The molecule has 1 aliphatic heterocycles. The summed E-state index contributed by atoms with van der Waals surface area (Å²) in [7, 11) is 0. The minimum absolute atomic E-state index is 0.166. The summed E-state index contributed by atoms with van der Waals surface area (Å²) in [6, 6.07) is 7.29.